The highest BCUT2D eigenvalue weighted by Gasteiger charge is 2.31. The van der Waals surface area contributed by atoms with Crippen molar-refractivity contribution in [3.05, 3.63) is 23.0 Å². The van der Waals surface area contributed by atoms with E-state index in [1.807, 2.05) is 20.8 Å². The van der Waals surface area contributed by atoms with Crippen molar-refractivity contribution in [1.82, 2.24) is 9.88 Å². The molecule has 1 amide bonds. The molecule has 0 aromatic carbocycles. The lowest BCUT2D eigenvalue weighted by molar-refractivity contribution is 0.0147. The molecule has 0 spiro atoms. The second-order valence-electron chi connectivity index (χ2n) is 6.84. The molecule has 0 N–H and O–H groups in total. The van der Waals surface area contributed by atoms with Gasteiger partial charge in [0, 0.05) is 0 Å². The zero-order valence-corrected chi connectivity index (χ0v) is 14.5. The molecule has 0 saturated heterocycles. The maximum Gasteiger partial charge on any atom is 0.410 e. The number of amides is 1. The number of hydrogen-bond donors (Lipinski definition) is 0. The standard InChI is InChI=1S/C16H23ClN2O3/c1-10(2)13-9-19(15(20)22-16(3,4)5)8-11-12(21-13)6-7-14(17)18-11/h6-7,10,13H,8-9H2,1-5H3/t13-/m0/s1. The third-order valence-electron chi connectivity index (χ3n) is 3.31. The van der Waals surface area contributed by atoms with Crippen LogP contribution in [0, 0.1) is 5.92 Å². The Bertz CT molecular complexity index is 555. The van der Waals surface area contributed by atoms with Gasteiger partial charge >= 0.3 is 6.09 Å². The fraction of sp³-hybridized carbons (Fsp3) is 0.625. The van der Waals surface area contributed by atoms with Gasteiger partial charge in [-0.1, -0.05) is 25.4 Å². The first-order valence-electron chi connectivity index (χ1n) is 7.45. The highest BCUT2D eigenvalue weighted by molar-refractivity contribution is 6.29. The van der Waals surface area contributed by atoms with Gasteiger partial charge in [0.1, 0.15) is 28.3 Å². The average Bonchev–Trinajstić information content (AvgIpc) is 2.55. The van der Waals surface area contributed by atoms with Gasteiger partial charge in [-0.2, -0.15) is 0 Å². The van der Waals surface area contributed by atoms with Crippen molar-refractivity contribution in [2.45, 2.75) is 52.9 Å². The first-order valence-corrected chi connectivity index (χ1v) is 7.83. The minimum Gasteiger partial charge on any atom is -0.486 e. The van der Waals surface area contributed by atoms with Crippen LogP contribution in [0.2, 0.25) is 5.15 Å². The predicted octanol–water partition coefficient (Wildman–Crippen LogP) is 3.89. The molecule has 0 saturated carbocycles. The first kappa shape index (κ1) is 16.9. The summed E-state index contributed by atoms with van der Waals surface area (Å²) < 4.78 is 11.5. The highest BCUT2D eigenvalue weighted by Crippen LogP contribution is 2.28. The molecule has 2 rings (SSSR count). The van der Waals surface area contributed by atoms with Crippen LogP contribution in [0.4, 0.5) is 4.79 Å². The van der Waals surface area contributed by atoms with Crippen LogP contribution in [0.25, 0.3) is 0 Å². The Kier molecular flexibility index (Phi) is 4.85. The predicted molar refractivity (Wildman–Crippen MR) is 85.1 cm³/mol. The fourth-order valence-corrected chi connectivity index (χ4v) is 2.32. The molecule has 5 nitrogen and oxygen atoms in total. The molecule has 22 heavy (non-hydrogen) atoms. The van der Waals surface area contributed by atoms with Crippen LogP contribution in [0.5, 0.6) is 5.75 Å². The van der Waals surface area contributed by atoms with Crippen molar-refractivity contribution in [1.29, 1.82) is 0 Å². The summed E-state index contributed by atoms with van der Waals surface area (Å²) in [4.78, 5) is 18.3. The van der Waals surface area contributed by atoms with Gasteiger partial charge in [0.15, 0.2) is 0 Å². The average molecular weight is 327 g/mol. The smallest absolute Gasteiger partial charge is 0.410 e. The minimum atomic E-state index is -0.540. The fourth-order valence-electron chi connectivity index (χ4n) is 2.16. The van der Waals surface area contributed by atoms with Gasteiger partial charge in [0.05, 0.1) is 13.1 Å². The van der Waals surface area contributed by atoms with E-state index in [1.54, 1.807) is 17.0 Å². The number of carbonyl (C=O) groups excluding carboxylic acids is 1. The van der Waals surface area contributed by atoms with Crippen LogP contribution >= 0.6 is 11.6 Å². The third-order valence-corrected chi connectivity index (χ3v) is 3.52. The summed E-state index contributed by atoms with van der Waals surface area (Å²) in [5.41, 5.74) is 0.115. The second-order valence-corrected chi connectivity index (χ2v) is 7.23. The molecule has 122 valence electrons. The lowest BCUT2D eigenvalue weighted by Crippen LogP contribution is -2.42. The first-order chi connectivity index (χ1) is 10.2. The Morgan fingerprint density at radius 1 is 1.45 bits per heavy atom. The Labute approximate surface area is 136 Å². The van der Waals surface area contributed by atoms with Crippen molar-refractivity contribution >= 4 is 17.7 Å². The topological polar surface area (TPSA) is 51.7 Å². The van der Waals surface area contributed by atoms with Crippen molar-refractivity contribution in [2.24, 2.45) is 5.92 Å². The van der Waals surface area contributed by atoms with Gasteiger partial charge in [-0.15, -0.1) is 0 Å². The second kappa shape index (κ2) is 6.32. The van der Waals surface area contributed by atoms with E-state index in [1.165, 1.54) is 0 Å². The number of carbonyl (C=O) groups is 1. The molecule has 1 atom stereocenters. The molecular formula is C16H23ClN2O3. The van der Waals surface area contributed by atoms with Crippen LogP contribution in [-0.2, 0) is 11.3 Å². The van der Waals surface area contributed by atoms with E-state index in [2.05, 4.69) is 18.8 Å². The van der Waals surface area contributed by atoms with E-state index in [0.717, 1.165) is 0 Å². The minimum absolute atomic E-state index is 0.114. The van der Waals surface area contributed by atoms with Gasteiger partial charge < -0.3 is 9.47 Å². The molecule has 1 aromatic heterocycles. The van der Waals surface area contributed by atoms with Gasteiger partial charge in [-0.05, 0) is 38.8 Å². The monoisotopic (exact) mass is 326 g/mol. The lowest BCUT2D eigenvalue weighted by atomic mass is 10.1. The number of fused-ring (bicyclic) bond motifs is 1. The number of rotatable bonds is 1. The van der Waals surface area contributed by atoms with Crippen molar-refractivity contribution < 1.29 is 14.3 Å². The highest BCUT2D eigenvalue weighted by atomic mass is 35.5. The van der Waals surface area contributed by atoms with Gasteiger partial charge in [-0.25, -0.2) is 9.78 Å². The summed E-state index contributed by atoms with van der Waals surface area (Å²) in [6.07, 6.45) is -0.479. The van der Waals surface area contributed by atoms with E-state index < -0.39 is 5.60 Å². The maximum atomic E-state index is 12.4. The van der Waals surface area contributed by atoms with Crippen LogP contribution < -0.4 is 4.74 Å². The zero-order chi connectivity index (χ0) is 16.5. The Hall–Kier alpha value is -1.49. The van der Waals surface area contributed by atoms with Crippen molar-refractivity contribution in [3.8, 4) is 5.75 Å². The lowest BCUT2D eigenvalue weighted by Gasteiger charge is -2.28. The molecule has 0 bridgehead atoms. The molecule has 2 heterocycles. The van der Waals surface area contributed by atoms with Gasteiger partial charge in [0.2, 0.25) is 0 Å². The summed E-state index contributed by atoms with van der Waals surface area (Å²) in [7, 11) is 0. The van der Waals surface area contributed by atoms with E-state index >= 15 is 0 Å². The number of nitrogens with zero attached hydrogens (tertiary/aromatic N) is 2. The molecule has 0 unspecified atom stereocenters. The third kappa shape index (κ3) is 4.26. The number of pyridine rings is 1. The summed E-state index contributed by atoms with van der Waals surface area (Å²) >= 11 is 5.96. The summed E-state index contributed by atoms with van der Waals surface area (Å²) in [6.45, 7) is 10.5. The molecule has 1 aliphatic heterocycles. The van der Waals surface area contributed by atoms with E-state index in [9.17, 15) is 4.79 Å². The molecule has 1 aromatic rings. The van der Waals surface area contributed by atoms with Crippen LogP contribution in [0.15, 0.2) is 12.1 Å². The Morgan fingerprint density at radius 2 is 2.14 bits per heavy atom. The SMILES string of the molecule is CC(C)[C@@H]1CN(C(=O)OC(C)(C)C)Cc2nc(Cl)ccc2O1. The summed E-state index contributed by atoms with van der Waals surface area (Å²) in [5, 5.41) is 0.384. The van der Waals surface area contributed by atoms with Crippen molar-refractivity contribution in [2.75, 3.05) is 6.54 Å². The van der Waals surface area contributed by atoms with Gasteiger partial charge in [-0.3, -0.25) is 4.90 Å². The Morgan fingerprint density at radius 3 is 2.73 bits per heavy atom. The van der Waals surface area contributed by atoms with Crippen LogP contribution in [0.1, 0.15) is 40.3 Å². The number of halogens is 1. The van der Waals surface area contributed by atoms with E-state index in [4.69, 9.17) is 21.1 Å². The van der Waals surface area contributed by atoms with Crippen molar-refractivity contribution in [3.63, 3.8) is 0 Å². The molecule has 1 aliphatic rings. The Balaban J connectivity index is 2.29. The summed E-state index contributed by atoms with van der Waals surface area (Å²) in [5.74, 6) is 0.931. The number of aromatic nitrogens is 1. The van der Waals surface area contributed by atoms with E-state index in [-0.39, 0.29) is 18.1 Å². The van der Waals surface area contributed by atoms with Crippen LogP contribution in [-0.4, -0.2) is 34.2 Å². The summed E-state index contributed by atoms with van der Waals surface area (Å²) in [6, 6.07) is 3.50. The maximum absolute atomic E-state index is 12.4. The van der Waals surface area contributed by atoms with Gasteiger partial charge in [0.25, 0.3) is 0 Å². The molecule has 6 heteroatoms. The number of ether oxygens (including phenoxy) is 2. The normalized spacial score (nSPS) is 18.5. The molecule has 0 fully saturated rings. The molecular weight excluding hydrogens is 304 g/mol. The van der Waals surface area contributed by atoms with E-state index in [0.29, 0.717) is 29.7 Å². The molecule has 0 aliphatic carbocycles. The number of hydrogen-bond acceptors (Lipinski definition) is 4. The largest absolute Gasteiger partial charge is 0.486 e. The van der Waals surface area contributed by atoms with Crippen LogP contribution in [0.3, 0.4) is 0 Å². The molecule has 0 radical (unpaired) electrons. The zero-order valence-electron chi connectivity index (χ0n) is 13.7. The quantitative estimate of drug-likeness (QED) is 0.735.